The second-order valence-corrected chi connectivity index (χ2v) is 4.88. The van der Waals surface area contributed by atoms with Gasteiger partial charge >= 0.3 is 11.4 Å². The van der Waals surface area contributed by atoms with Crippen molar-refractivity contribution in [2.24, 2.45) is 0 Å². The molecule has 0 aliphatic heterocycles. The lowest BCUT2D eigenvalue weighted by atomic mass is 10.2. The van der Waals surface area contributed by atoms with Gasteiger partial charge in [-0.2, -0.15) is 19.2 Å². The summed E-state index contributed by atoms with van der Waals surface area (Å²) in [5.41, 5.74) is 1.24. The minimum absolute atomic E-state index is 0.0486. The van der Waals surface area contributed by atoms with Crippen molar-refractivity contribution in [2.75, 3.05) is 5.32 Å². The third-order valence-electron chi connectivity index (χ3n) is 2.19. The van der Waals surface area contributed by atoms with Gasteiger partial charge in [0.2, 0.25) is 16.5 Å². The van der Waals surface area contributed by atoms with Crippen LogP contribution in [0.15, 0.2) is 18.2 Å². The minimum Gasteiger partial charge on any atom is -0.380 e. The number of nitrogens with zero attached hydrogens (tertiary/aromatic N) is 3. The molecular formula is C10H8Cl2N4O3S. The molecule has 2 rings (SSSR count). The average Bonchev–Trinajstić information content (AvgIpc) is 2.31. The fraction of sp³-hybridized carbons (Fsp3) is 0.100. The van der Waals surface area contributed by atoms with E-state index in [1.807, 2.05) is 0 Å². The van der Waals surface area contributed by atoms with Gasteiger partial charge in [0, 0.05) is 11.8 Å². The highest BCUT2D eigenvalue weighted by atomic mass is 35.5. The van der Waals surface area contributed by atoms with Crippen molar-refractivity contribution in [1.82, 2.24) is 15.0 Å². The van der Waals surface area contributed by atoms with Crippen LogP contribution in [-0.4, -0.2) is 23.7 Å². The van der Waals surface area contributed by atoms with Crippen molar-refractivity contribution in [3.8, 4) is 5.75 Å². The fourth-order valence-electron chi connectivity index (χ4n) is 1.36. The molecule has 0 bridgehead atoms. The summed E-state index contributed by atoms with van der Waals surface area (Å²) in [4.78, 5) is 11.3. The Labute approximate surface area is 126 Å². The molecule has 0 radical (unpaired) electrons. The van der Waals surface area contributed by atoms with E-state index >= 15 is 0 Å². The molecule has 0 saturated carbocycles. The smallest absolute Gasteiger partial charge is 0.357 e. The van der Waals surface area contributed by atoms with Gasteiger partial charge in [-0.1, -0.05) is 6.07 Å². The maximum atomic E-state index is 10.7. The molecule has 0 aliphatic carbocycles. The molecule has 106 valence electrons. The predicted octanol–water partition coefficient (Wildman–Crippen LogP) is 2.75. The first-order valence-electron chi connectivity index (χ1n) is 5.18. The van der Waals surface area contributed by atoms with Crippen LogP contribution in [0.1, 0.15) is 5.56 Å². The summed E-state index contributed by atoms with van der Waals surface area (Å²) in [6.07, 6.45) is 0. The summed E-state index contributed by atoms with van der Waals surface area (Å²) >= 11 is 8.91. The highest BCUT2D eigenvalue weighted by Gasteiger charge is 2.07. The van der Waals surface area contributed by atoms with Crippen LogP contribution in [0.5, 0.6) is 5.75 Å². The van der Waals surface area contributed by atoms with E-state index in [9.17, 15) is 4.21 Å². The maximum Gasteiger partial charge on any atom is 0.357 e. The summed E-state index contributed by atoms with van der Waals surface area (Å²) < 4.78 is 24.2. The van der Waals surface area contributed by atoms with Gasteiger partial charge in [0.05, 0.1) is 0 Å². The Morgan fingerprint density at radius 2 is 1.90 bits per heavy atom. The Balaban J connectivity index is 2.27. The van der Waals surface area contributed by atoms with Crippen LogP contribution in [0.25, 0.3) is 0 Å². The number of benzene rings is 1. The summed E-state index contributed by atoms with van der Waals surface area (Å²) in [5.74, 6) is 0.400. The Hall–Kier alpha value is -1.48. The lowest BCUT2D eigenvalue weighted by Crippen LogP contribution is -2.02. The van der Waals surface area contributed by atoms with Gasteiger partial charge in [0.15, 0.2) is 0 Å². The average molecular weight is 335 g/mol. The summed E-state index contributed by atoms with van der Waals surface area (Å²) in [5, 5.41) is 2.74. The van der Waals surface area contributed by atoms with Crippen molar-refractivity contribution in [1.29, 1.82) is 0 Å². The Bertz CT molecular complexity index is 651. The van der Waals surface area contributed by atoms with Crippen molar-refractivity contribution in [3.63, 3.8) is 0 Å². The topological polar surface area (TPSA) is 97.2 Å². The van der Waals surface area contributed by atoms with E-state index in [-0.39, 0.29) is 22.3 Å². The Morgan fingerprint density at radius 3 is 2.50 bits per heavy atom. The van der Waals surface area contributed by atoms with Gasteiger partial charge in [0.1, 0.15) is 5.75 Å². The SMILES string of the molecule is Cc1ccc(Nc2nc(Cl)nc(Cl)n2)cc1OS(=O)O. The van der Waals surface area contributed by atoms with Gasteiger partial charge in [-0.25, -0.2) is 0 Å². The largest absolute Gasteiger partial charge is 0.380 e. The second-order valence-electron chi connectivity index (χ2n) is 3.60. The Kier molecular flexibility index (Phi) is 4.71. The molecule has 7 nitrogen and oxygen atoms in total. The number of nitrogens with one attached hydrogen (secondary N) is 1. The van der Waals surface area contributed by atoms with E-state index in [0.717, 1.165) is 0 Å². The van der Waals surface area contributed by atoms with Gasteiger partial charge in [-0.05, 0) is 41.8 Å². The van der Waals surface area contributed by atoms with Crippen LogP contribution < -0.4 is 9.50 Å². The second kappa shape index (κ2) is 6.31. The first-order chi connectivity index (χ1) is 9.44. The number of halogens is 2. The lowest BCUT2D eigenvalue weighted by Gasteiger charge is -2.09. The molecule has 1 aromatic carbocycles. The number of rotatable bonds is 4. The standard InChI is InChI=1S/C10H8Cl2N4O3S/c1-5-2-3-6(4-7(5)19-20(17)18)13-10-15-8(11)14-9(12)16-10/h2-4H,1H3,(H,17,18)(H,13,14,15,16). The van der Waals surface area contributed by atoms with E-state index in [4.69, 9.17) is 31.9 Å². The van der Waals surface area contributed by atoms with Gasteiger partial charge in [0.25, 0.3) is 0 Å². The Morgan fingerprint density at radius 1 is 1.25 bits per heavy atom. The van der Waals surface area contributed by atoms with E-state index in [1.165, 1.54) is 6.07 Å². The number of aromatic nitrogens is 3. The number of hydrogen-bond donors (Lipinski definition) is 2. The summed E-state index contributed by atoms with van der Waals surface area (Å²) in [6, 6.07) is 4.94. The maximum absolute atomic E-state index is 10.7. The number of aryl methyl sites for hydroxylation is 1. The third-order valence-corrected chi connectivity index (χ3v) is 2.85. The molecule has 2 aromatic rings. The fourth-order valence-corrected chi connectivity index (χ4v) is 2.05. The molecule has 0 aliphatic rings. The number of hydrogen-bond acceptors (Lipinski definition) is 6. The molecule has 1 aromatic heterocycles. The summed E-state index contributed by atoms with van der Waals surface area (Å²) in [6.45, 7) is 1.74. The zero-order valence-corrected chi connectivity index (χ0v) is 12.3. The van der Waals surface area contributed by atoms with Crippen LogP contribution in [0.2, 0.25) is 10.6 Å². The first kappa shape index (κ1) is 14.9. The molecule has 1 unspecified atom stereocenters. The number of anilines is 2. The normalized spacial score (nSPS) is 12.0. The molecule has 1 atom stereocenters. The quantitative estimate of drug-likeness (QED) is 0.829. The highest BCUT2D eigenvalue weighted by molar-refractivity contribution is 7.74. The highest BCUT2D eigenvalue weighted by Crippen LogP contribution is 2.25. The molecule has 10 heteroatoms. The van der Waals surface area contributed by atoms with Crippen molar-refractivity contribution in [3.05, 3.63) is 34.3 Å². The van der Waals surface area contributed by atoms with E-state index < -0.39 is 11.4 Å². The van der Waals surface area contributed by atoms with Crippen LogP contribution in [-0.2, 0) is 11.4 Å². The zero-order valence-electron chi connectivity index (χ0n) is 10.0. The van der Waals surface area contributed by atoms with E-state index in [1.54, 1.807) is 19.1 Å². The molecule has 20 heavy (non-hydrogen) atoms. The van der Waals surface area contributed by atoms with E-state index in [2.05, 4.69) is 20.3 Å². The first-order valence-corrected chi connectivity index (χ1v) is 6.97. The van der Waals surface area contributed by atoms with Gasteiger partial charge < -0.3 is 9.50 Å². The lowest BCUT2D eigenvalue weighted by molar-refractivity contribution is 0.456. The van der Waals surface area contributed by atoms with Crippen LogP contribution in [0, 0.1) is 6.92 Å². The van der Waals surface area contributed by atoms with Crippen molar-refractivity contribution >= 4 is 46.2 Å². The zero-order chi connectivity index (χ0) is 14.7. The van der Waals surface area contributed by atoms with Crippen LogP contribution in [0.4, 0.5) is 11.6 Å². The molecule has 0 amide bonds. The monoisotopic (exact) mass is 334 g/mol. The van der Waals surface area contributed by atoms with Crippen LogP contribution in [0.3, 0.4) is 0 Å². The molecular weight excluding hydrogens is 327 g/mol. The molecule has 1 heterocycles. The van der Waals surface area contributed by atoms with Gasteiger partial charge in [-0.3, -0.25) is 4.55 Å². The molecule has 2 N–H and O–H groups in total. The predicted molar refractivity (Wildman–Crippen MR) is 75.7 cm³/mol. The summed E-state index contributed by atoms with van der Waals surface area (Å²) in [7, 11) is 0. The van der Waals surface area contributed by atoms with Crippen LogP contribution >= 0.6 is 23.2 Å². The third kappa shape index (κ3) is 4.01. The van der Waals surface area contributed by atoms with E-state index in [0.29, 0.717) is 11.3 Å². The minimum atomic E-state index is -2.40. The van der Waals surface area contributed by atoms with Crippen molar-refractivity contribution in [2.45, 2.75) is 6.92 Å². The van der Waals surface area contributed by atoms with Crippen molar-refractivity contribution < 1.29 is 12.9 Å². The molecule has 0 fully saturated rings. The molecule has 0 spiro atoms. The van der Waals surface area contributed by atoms with Gasteiger partial charge in [-0.15, -0.1) is 0 Å². The molecule has 0 saturated heterocycles.